The summed E-state index contributed by atoms with van der Waals surface area (Å²) in [7, 11) is 0. The van der Waals surface area contributed by atoms with E-state index in [1.165, 1.54) is 25.3 Å². The van der Waals surface area contributed by atoms with Crippen molar-refractivity contribution in [3.05, 3.63) is 58.9 Å². The maximum Gasteiger partial charge on any atom is 0.254 e. The molecule has 3 rings (SSSR count). The molecule has 2 N–H and O–H groups in total. The van der Waals surface area contributed by atoms with Gasteiger partial charge in [0.2, 0.25) is 11.8 Å². The van der Waals surface area contributed by atoms with Crippen molar-refractivity contribution in [3.63, 3.8) is 0 Å². The van der Waals surface area contributed by atoms with Gasteiger partial charge in [-0.15, -0.1) is 0 Å². The summed E-state index contributed by atoms with van der Waals surface area (Å²) in [6.07, 6.45) is 3.17. The monoisotopic (exact) mass is 427 g/mol. The molecule has 0 saturated carbocycles. The molecule has 0 radical (unpaired) electrons. The van der Waals surface area contributed by atoms with Crippen LogP contribution in [0.4, 0.5) is 4.39 Å². The van der Waals surface area contributed by atoms with E-state index in [1.54, 1.807) is 24.0 Å². The Kier molecular flexibility index (Phi) is 7.28. The summed E-state index contributed by atoms with van der Waals surface area (Å²) in [5.74, 6) is -0.422. The first-order valence-corrected chi connectivity index (χ1v) is 10.2. The standard InChI is InChI=1S/C22H26FN5O3/c1-14-19(22(31)26-10-16-5-7-18(23)8-6-16)11-25-21(27-14)17-4-3-9-28(13-17)20(30)12-24-15(2)29/h5-8,11,17H,3-4,9-10,12-13H2,1-2H3,(H,24,29)(H,26,31). The number of aryl methyl sites for hydroxylation is 1. The summed E-state index contributed by atoms with van der Waals surface area (Å²) in [5.41, 5.74) is 1.72. The maximum atomic E-state index is 13.0. The van der Waals surface area contributed by atoms with Crippen LogP contribution in [0.2, 0.25) is 0 Å². The number of hydrogen-bond donors (Lipinski definition) is 2. The first-order chi connectivity index (χ1) is 14.8. The van der Waals surface area contributed by atoms with Crippen LogP contribution in [0, 0.1) is 12.7 Å². The van der Waals surface area contributed by atoms with E-state index in [9.17, 15) is 18.8 Å². The average molecular weight is 427 g/mol. The van der Waals surface area contributed by atoms with Gasteiger partial charge < -0.3 is 15.5 Å². The Bertz CT molecular complexity index is 964. The Labute approximate surface area is 180 Å². The van der Waals surface area contributed by atoms with Crippen molar-refractivity contribution in [2.24, 2.45) is 0 Å². The van der Waals surface area contributed by atoms with Crippen molar-refractivity contribution in [1.29, 1.82) is 0 Å². The number of hydrogen-bond acceptors (Lipinski definition) is 5. The largest absolute Gasteiger partial charge is 0.348 e. The third kappa shape index (κ3) is 6.07. The smallest absolute Gasteiger partial charge is 0.254 e. The maximum absolute atomic E-state index is 13.0. The van der Waals surface area contributed by atoms with Crippen molar-refractivity contribution < 1.29 is 18.8 Å². The second kappa shape index (κ2) is 10.1. The molecule has 8 nitrogen and oxygen atoms in total. The van der Waals surface area contributed by atoms with Crippen LogP contribution in [0.25, 0.3) is 0 Å². The molecule has 1 aliphatic rings. The third-order valence-corrected chi connectivity index (χ3v) is 5.24. The number of amides is 3. The molecule has 164 valence electrons. The Balaban J connectivity index is 1.61. The number of nitrogens with one attached hydrogen (secondary N) is 2. The van der Waals surface area contributed by atoms with Crippen LogP contribution in [-0.2, 0) is 16.1 Å². The Morgan fingerprint density at radius 1 is 1.19 bits per heavy atom. The van der Waals surface area contributed by atoms with Crippen molar-refractivity contribution in [2.75, 3.05) is 19.6 Å². The second-order valence-electron chi connectivity index (χ2n) is 7.63. The summed E-state index contributed by atoms with van der Waals surface area (Å²) in [6, 6.07) is 5.92. The van der Waals surface area contributed by atoms with E-state index >= 15 is 0 Å². The van der Waals surface area contributed by atoms with Crippen LogP contribution < -0.4 is 10.6 Å². The van der Waals surface area contributed by atoms with Gasteiger partial charge in [-0.2, -0.15) is 0 Å². The summed E-state index contributed by atoms with van der Waals surface area (Å²) in [6.45, 7) is 4.50. The number of carbonyl (C=O) groups is 3. The molecule has 0 aliphatic carbocycles. The number of halogens is 1. The normalized spacial score (nSPS) is 16.0. The topological polar surface area (TPSA) is 104 Å². The SMILES string of the molecule is CC(=O)NCC(=O)N1CCCC(c2ncc(C(=O)NCc3ccc(F)cc3)c(C)n2)C1. The second-order valence-corrected chi connectivity index (χ2v) is 7.63. The van der Waals surface area contributed by atoms with Crippen LogP contribution in [0.15, 0.2) is 30.5 Å². The zero-order chi connectivity index (χ0) is 22.4. The molecule has 1 saturated heterocycles. The van der Waals surface area contributed by atoms with Gasteiger partial charge in [0.05, 0.1) is 17.8 Å². The molecular formula is C22H26FN5O3. The van der Waals surface area contributed by atoms with Crippen LogP contribution in [0.3, 0.4) is 0 Å². The number of benzene rings is 1. The lowest BCUT2D eigenvalue weighted by molar-refractivity contribution is -0.133. The van der Waals surface area contributed by atoms with Gasteiger partial charge in [-0.05, 0) is 37.5 Å². The highest BCUT2D eigenvalue weighted by molar-refractivity contribution is 5.94. The van der Waals surface area contributed by atoms with Gasteiger partial charge in [0.1, 0.15) is 11.6 Å². The van der Waals surface area contributed by atoms with Crippen molar-refractivity contribution in [2.45, 2.75) is 39.2 Å². The van der Waals surface area contributed by atoms with Crippen molar-refractivity contribution >= 4 is 17.7 Å². The molecule has 1 atom stereocenters. The van der Waals surface area contributed by atoms with E-state index in [0.717, 1.165) is 18.4 Å². The molecule has 3 amide bonds. The highest BCUT2D eigenvalue weighted by Crippen LogP contribution is 2.25. The van der Waals surface area contributed by atoms with Gasteiger partial charge in [0, 0.05) is 38.7 Å². The molecule has 2 aromatic rings. The number of piperidine rings is 1. The predicted octanol–water partition coefficient (Wildman–Crippen LogP) is 1.70. The summed E-state index contributed by atoms with van der Waals surface area (Å²) in [4.78, 5) is 46.5. The Morgan fingerprint density at radius 3 is 2.61 bits per heavy atom. The summed E-state index contributed by atoms with van der Waals surface area (Å²) >= 11 is 0. The van der Waals surface area contributed by atoms with E-state index in [2.05, 4.69) is 20.6 Å². The highest BCUT2D eigenvalue weighted by Gasteiger charge is 2.27. The molecule has 1 aromatic heterocycles. The molecule has 9 heteroatoms. The average Bonchev–Trinajstić information content (AvgIpc) is 2.76. The molecule has 1 fully saturated rings. The van der Waals surface area contributed by atoms with Gasteiger partial charge in [-0.1, -0.05) is 12.1 Å². The number of nitrogens with zero attached hydrogens (tertiary/aromatic N) is 3. The zero-order valence-corrected chi connectivity index (χ0v) is 17.7. The molecule has 0 bridgehead atoms. The van der Waals surface area contributed by atoms with Crippen molar-refractivity contribution in [3.8, 4) is 0 Å². The highest BCUT2D eigenvalue weighted by atomic mass is 19.1. The third-order valence-electron chi connectivity index (χ3n) is 5.24. The molecule has 2 heterocycles. The quantitative estimate of drug-likeness (QED) is 0.730. The van der Waals surface area contributed by atoms with Gasteiger partial charge in [0.25, 0.3) is 5.91 Å². The fourth-order valence-corrected chi connectivity index (χ4v) is 3.51. The van der Waals surface area contributed by atoms with E-state index in [4.69, 9.17) is 0 Å². The number of aromatic nitrogens is 2. The minimum absolute atomic E-state index is 0.0187. The minimum atomic E-state index is -0.326. The van der Waals surface area contributed by atoms with Crippen molar-refractivity contribution in [1.82, 2.24) is 25.5 Å². The molecule has 31 heavy (non-hydrogen) atoms. The van der Waals surface area contributed by atoms with Gasteiger partial charge in [-0.3, -0.25) is 14.4 Å². The fourth-order valence-electron chi connectivity index (χ4n) is 3.51. The molecule has 0 spiro atoms. The number of likely N-dealkylation sites (tertiary alicyclic amines) is 1. The lowest BCUT2D eigenvalue weighted by Gasteiger charge is -2.32. The predicted molar refractivity (Wildman–Crippen MR) is 112 cm³/mol. The van der Waals surface area contributed by atoms with E-state index in [0.29, 0.717) is 30.2 Å². The Morgan fingerprint density at radius 2 is 1.94 bits per heavy atom. The van der Waals surface area contributed by atoms with Crippen LogP contribution in [-0.4, -0.2) is 52.2 Å². The van der Waals surface area contributed by atoms with Crippen LogP contribution >= 0.6 is 0 Å². The lowest BCUT2D eigenvalue weighted by atomic mass is 9.96. The van der Waals surface area contributed by atoms with E-state index < -0.39 is 0 Å². The summed E-state index contributed by atoms with van der Waals surface area (Å²) < 4.78 is 13.0. The van der Waals surface area contributed by atoms with Crippen LogP contribution in [0.1, 0.15) is 53.1 Å². The Hall–Kier alpha value is -3.36. The lowest BCUT2D eigenvalue weighted by Crippen LogP contribution is -2.44. The minimum Gasteiger partial charge on any atom is -0.348 e. The summed E-state index contributed by atoms with van der Waals surface area (Å²) in [5, 5.41) is 5.32. The van der Waals surface area contributed by atoms with E-state index in [-0.39, 0.29) is 42.5 Å². The molecule has 1 aromatic carbocycles. The van der Waals surface area contributed by atoms with Crippen LogP contribution in [0.5, 0.6) is 0 Å². The van der Waals surface area contributed by atoms with Gasteiger partial charge in [0.15, 0.2) is 0 Å². The van der Waals surface area contributed by atoms with Gasteiger partial charge >= 0.3 is 0 Å². The number of carbonyl (C=O) groups excluding carboxylic acids is 3. The number of rotatable bonds is 6. The van der Waals surface area contributed by atoms with Gasteiger partial charge in [-0.25, -0.2) is 14.4 Å². The zero-order valence-electron chi connectivity index (χ0n) is 17.7. The fraction of sp³-hybridized carbons (Fsp3) is 0.409. The van der Waals surface area contributed by atoms with E-state index in [1.807, 2.05) is 0 Å². The first-order valence-electron chi connectivity index (χ1n) is 10.2. The first kappa shape index (κ1) is 22.3. The molecule has 1 unspecified atom stereocenters. The molecular weight excluding hydrogens is 401 g/mol. The molecule has 1 aliphatic heterocycles.